The van der Waals surface area contributed by atoms with Gasteiger partial charge in [-0.15, -0.1) is 0 Å². The fraction of sp³-hybridized carbons (Fsp3) is 0.900. The Labute approximate surface area is 217 Å². The van der Waals surface area contributed by atoms with Gasteiger partial charge in [-0.05, 0) is 99.2 Å². The monoisotopic (exact) mass is 536 g/mol. The van der Waals surface area contributed by atoms with Crippen LogP contribution in [-0.4, -0.2) is 15.2 Å². The quantitative estimate of drug-likeness (QED) is 0.165. The molecule has 0 saturated heterocycles. The van der Waals surface area contributed by atoms with Crippen molar-refractivity contribution in [1.29, 1.82) is 0 Å². The molecule has 1 nitrogen and oxygen atoms in total. The van der Waals surface area contributed by atoms with E-state index in [0.717, 1.165) is 30.1 Å². The fourth-order valence-electron chi connectivity index (χ4n) is 8.74. The predicted octanol–water partition coefficient (Wildman–Crippen LogP) is 9.73. The molecular formula is C30H49BrOS. The number of unbranched alkanes of at least 4 members (excludes halogenated alkanes) is 5. The van der Waals surface area contributed by atoms with Crippen LogP contribution in [0, 0.1) is 34.5 Å². The average molecular weight is 538 g/mol. The number of thioether (sulfide) groups is 1. The van der Waals surface area contributed by atoms with Gasteiger partial charge < -0.3 is 0 Å². The first-order chi connectivity index (χ1) is 15.8. The highest BCUT2D eigenvalue weighted by Gasteiger charge is 2.58. The van der Waals surface area contributed by atoms with Crippen molar-refractivity contribution in [2.45, 2.75) is 134 Å². The number of carbonyl (C=O) groups excluding carboxylic acids is 1. The summed E-state index contributed by atoms with van der Waals surface area (Å²) in [4.78, 5) is 12.3. The average Bonchev–Trinajstić information content (AvgIpc) is 3.12. The van der Waals surface area contributed by atoms with Crippen LogP contribution in [-0.2, 0) is 4.79 Å². The summed E-state index contributed by atoms with van der Waals surface area (Å²) in [6.07, 6.45) is 23.7. The van der Waals surface area contributed by atoms with Gasteiger partial charge in [-0.3, -0.25) is 4.79 Å². The molecule has 3 fully saturated rings. The minimum absolute atomic E-state index is 0.0248. The first-order valence-electron chi connectivity index (χ1n) is 14.3. The molecule has 0 unspecified atom stereocenters. The van der Waals surface area contributed by atoms with Crippen molar-refractivity contribution in [3.63, 3.8) is 0 Å². The number of hydrogen-bond acceptors (Lipinski definition) is 2. The minimum Gasteiger partial charge on any atom is -0.286 e. The summed E-state index contributed by atoms with van der Waals surface area (Å²) in [6.45, 7) is 9.59. The zero-order valence-corrected chi connectivity index (χ0v) is 24.2. The molecule has 0 radical (unpaired) electrons. The van der Waals surface area contributed by atoms with E-state index in [1.54, 1.807) is 17.3 Å². The summed E-state index contributed by atoms with van der Waals surface area (Å²) < 4.78 is 0. The summed E-state index contributed by atoms with van der Waals surface area (Å²) in [7, 11) is 0. The van der Waals surface area contributed by atoms with Crippen LogP contribution >= 0.6 is 27.7 Å². The molecule has 8 atom stereocenters. The topological polar surface area (TPSA) is 17.1 Å². The van der Waals surface area contributed by atoms with Gasteiger partial charge in [0.2, 0.25) is 5.12 Å². The Morgan fingerprint density at radius 3 is 2.58 bits per heavy atom. The summed E-state index contributed by atoms with van der Waals surface area (Å²) in [5.41, 5.74) is 2.73. The van der Waals surface area contributed by atoms with E-state index >= 15 is 0 Å². The number of allylic oxidation sites excluding steroid dienone is 2. The lowest BCUT2D eigenvalue weighted by molar-refractivity contribution is -0.110. The molecule has 0 aromatic carbocycles. The second-order valence-corrected chi connectivity index (χ2v) is 15.2. The van der Waals surface area contributed by atoms with E-state index in [9.17, 15) is 4.79 Å². The Morgan fingerprint density at radius 1 is 1.06 bits per heavy atom. The van der Waals surface area contributed by atoms with Gasteiger partial charge in [0.1, 0.15) is 0 Å². The van der Waals surface area contributed by atoms with Crippen LogP contribution in [0.15, 0.2) is 11.6 Å². The minimum atomic E-state index is -0.0248. The molecule has 0 aliphatic heterocycles. The fourth-order valence-corrected chi connectivity index (χ4v) is 10.1. The third-order valence-electron chi connectivity index (χ3n) is 10.8. The van der Waals surface area contributed by atoms with E-state index in [-0.39, 0.29) is 4.83 Å². The third-order valence-corrected chi connectivity index (χ3v) is 12.8. The largest absolute Gasteiger partial charge is 0.286 e. The zero-order chi connectivity index (χ0) is 23.6. The highest BCUT2D eigenvalue weighted by atomic mass is 79.9. The standard InChI is InChI=1S/C30H49BrOS/c1-5-6-7-8-9-10-11-22-13-15-26-25-14-12-23-20-24(33-28(32)21(2)31)16-18-30(23,4)27(25)17-19-29(22,26)3/h12,21-22,24-27H,5-11,13-20H2,1-4H3/t21-,22-,24-,25-,26-,27-,29+,30-/m0/s1. The highest BCUT2D eigenvalue weighted by molar-refractivity contribution is 9.10. The molecule has 188 valence electrons. The third kappa shape index (κ3) is 5.35. The number of alkyl halides is 1. The van der Waals surface area contributed by atoms with Gasteiger partial charge in [-0.25, -0.2) is 0 Å². The van der Waals surface area contributed by atoms with Crippen molar-refractivity contribution in [3.05, 3.63) is 11.6 Å². The van der Waals surface area contributed by atoms with Crippen molar-refractivity contribution in [1.82, 2.24) is 0 Å². The Hall–Kier alpha value is 0.240. The van der Waals surface area contributed by atoms with Gasteiger partial charge in [-0.2, -0.15) is 0 Å². The Balaban J connectivity index is 1.38. The van der Waals surface area contributed by atoms with Gasteiger partial charge in [0, 0.05) is 5.25 Å². The summed E-state index contributed by atoms with van der Waals surface area (Å²) in [5.74, 6) is 3.75. The SMILES string of the molecule is CCCCCCCC[C@H]1CC[C@H]2[C@@H]3CC=C4C[C@@H](SC(=O)[C@H](C)Br)CC[C@]4(C)[C@H]3CC[C@]12C. The van der Waals surface area contributed by atoms with Crippen LogP contribution in [0.4, 0.5) is 0 Å². The first-order valence-corrected chi connectivity index (χ1v) is 16.1. The molecule has 0 aromatic rings. The molecule has 0 aromatic heterocycles. The first kappa shape index (κ1) is 26.3. The van der Waals surface area contributed by atoms with Crippen molar-refractivity contribution >= 4 is 32.8 Å². The van der Waals surface area contributed by atoms with E-state index in [1.165, 1.54) is 89.9 Å². The molecule has 0 amide bonds. The van der Waals surface area contributed by atoms with Crippen molar-refractivity contribution in [2.24, 2.45) is 34.5 Å². The molecule has 3 heteroatoms. The van der Waals surface area contributed by atoms with Gasteiger partial charge >= 0.3 is 0 Å². The number of carbonyl (C=O) groups is 1. The summed E-state index contributed by atoms with van der Waals surface area (Å²) >= 11 is 5.09. The zero-order valence-electron chi connectivity index (χ0n) is 21.8. The highest BCUT2D eigenvalue weighted by Crippen LogP contribution is 2.67. The van der Waals surface area contributed by atoms with Crippen LogP contribution in [0.2, 0.25) is 0 Å². The van der Waals surface area contributed by atoms with Crippen LogP contribution in [0.1, 0.15) is 124 Å². The van der Waals surface area contributed by atoms with E-state index in [0.29, 0.717) is 21.2 Å². The number of fused-ring (bicyclic) bond motifs is 5. The molecule has 4 aliphatic rings. The van der Waals surface area contributed by atoms with E-state index in [1.807, 2.05) is 6.92 Å². The lowest BCUT2D eigenvalue weighted by atomic mass is 9.47. The van der Waals surface area contributed by atoms with Gasteiger partial charge in [0.25, 0.3) is 0 Å². The van der Waals surface area contributed by atoms with Crippen LogP contribution in [0.5, 0.6) is 0 Å². The molecule has 3 saturated carbocycles. The van der Waals surface area contributed by atoms with Gasteiger partial charge in [-0.1, -0.05) is 98.6 Å². The molecule has 0 N–H and O–H groups in total. The Bertz CT molecular complexity index is 716. The smallest absolute Gasteiger partial charge is 0.202 e. The second-order valence-electron chi connectivity index (χ2n) is 12.6. The van der Waals surface area contributed by atoms with E-state index in [4.69, 9.17) is 0 Å². The molecule has 0 heterocycles. The molecule has 4 aliphatic carbocycles. The number of rotatable bonds is 9. The number of halogens is 1. The number of hydrogen-bond donors (Lipinski definition) is 0. The summed E-state index contributed by atoms with van der Waals surface area (Å²) in [5, 5.41) is 0.809. The Kier molecular flexibility index (Phi) is 8.85. The van der Waals surface area contributed by atoms with Gasteiger partial charge in [0.05, 0.1) is 4.83 Å². The second kappa shape index (κ2) is 11.1. The molecule has 33 heavy (non-hydrogen) atoms. The van der Waals surface area contributed by atoms with Crippen LogP contribution in [0.3, 0.4) is 0 Å². The Morgan fingerprint density at radius 2 is 1.82 bits per heavy atom. The maximum absolute atomic E-state index is 12.3. The van der Waals surface area contributed by atoms with E-state index in [2.05, 4.69) is 42.8 Å². The van der Waals surface area contributed by atoms with E-state index < -0.39 is 0 Å². The molecule has 0 bridgehead atoms. The van der Waals surface area contributed by atoms with Crippen molar-refractivity contribution < 1.29 is 4.79 Å². The molecular weight excluding hydrogens is 488 g/mol. The molecule has 0 spiro atoms. The summed E-state index contributed by atoms with van der Waals surface area (Å²) in [6, 6.07) is 0. The van der Waals surface area contributed by atoms with Crippen molar-refractivity contribution in [2.75, 3.05) is 0 Å². The van der Waals surface area contributed by atoms with Gasteiger partial charge in [0.15, 0.2) is 0 Å². The maximum Gasteiger partial charge on any atom is 0.202 e. The maximum atomic E-state index is 12.3. The van der Waals surface area contributed by atoms with Crippen molar-refractivity contribution in [3.8, 4) is 0 Å². The predicted molar refractivity (Wildman–Crippen MR) is 148 cm³/mol. The van der Waals surface area contributed by atoms with Crippen LogP contribution < -0.4 is 0 Å². The van der Waals surface area contributed by atoms with Crippen LogP contribution in [0.25, 0.3) is 0 Å². The molecule has 4 rings (SSSR count). The lowest BCUT2D eigenvalue weighted by Gasteiger charge is -2.58. The normalized spacial score (nSPS) is 41.0. The lowest BCUT2D eigenvalue weighted by Crippen LogP contribution is -2.50.